The highest BCUT2D eigenvalue weighted by atomic mass is 19.1. The summed E-state index contributed by atoms with van der Waals surface area (Å²) < 4.78 is 12.8. The number of allylic oxidation sites excluding steroid dienone is 1. The molecule has 1 aliphatic rings. The fourth-order valence-corrected chi connectivity index (χ4v) is 2.26. The van der Waals surface area contributed by atoms with Gasteiger partial charge in [-0.2, -0.15) is 0 Å². The second kappa shape index (κ2) is 5.32. The number of amides is 2. The summed E-state index contributed by atoms with van der Waals surface area (Å²) in [5.74, 6) is -0.917. The maximum Gasteiger partial charge on any atom is 0.265 e. The number of carbonyl (C=O) groups excluding carboxylic acids is 2. The predicted molar refractivity (Wildman–Crippen MR) is 76.2 cm³/mol. The van der Waals surface area contributed by atoms with E-state index in [0.717, 1.165) is 10.5 Å². The monoisotopic (exact) mass is 281 g/mol. The molecule has 3 nitrogen and oxygen atoms in total. The highest BCUT2D eigenvalue weighted by Gasteiger charge is 2.33. The lowest BCUT2D eigenvalue weighted by Crippen LogP contribution is -2.23. The van der Waals surface area contributed by atoms with Crippen LogP contribution in [0.25, 0.3) is 0 Å². The number of imide groups is 1. The molecule has 0 spiro atoms. The van der Waals surface area contributed by atoms with E-state index in [4.69, 9.17) is 0 Å². The topological polar surface area (TPSA) is 37.4 Å². The van der Waals surface area contributed by atoms with Crippen LogP contribution in [-0.4, -0.2) is 16.7 Å². The molecule has 0 radical (unpaired) electrons. The zero-order chi connectivity index (χ0) is 14.8. The van der Waals surface area contributed by atoms with Crippen LogP contribution in [0.3, 0.4) is 0 Å². The second-order valence-corrected chi connectivity index (χ2v) is 4.74. The van der Waals surface area contributed by atoms with Crippen molar-refractivity contribution in [3.8, 4) is 0 Å². The minimum Gasteiger partial charge on any atom is -0.268 e. The number of benzene rings is 2. The highest BCUT2D eigenvalue weighted by molar-refractivity contribution is 6.22. The van der Waals surface area contributed by atoms with Gasteiger partial charge in [0, 0.05) is 6.20 Å². The molecule has 0 N–H and O–H groups in total. The van der Waals surface area contributed by atoms with Gasteiger partial charge in [-0.3, -0.25) is 9.59 Å². The van der Waals surface area contributed by atoms with Gasteiger partial charge in [0.1, 0.15) is 5.82 Å². The van der Waals surface area contributed by atoms with Gasteiger partial charge < -0.3 is 0 Å². The SMILES string of the molecule is O=C1c2ccccc2C(=O)N1/C=C/Cc1ccc(F)cc1. The molecule has 0 unspecified atom stereocenters. The number of hydrogen-bond acceptors (Lipinski definition) is 2. The van der Waals surface area contributed by atoms with Gasteiger partial charge in [-0.05, 0) is 36.2 Å². The van der Waals surface area contributed by atoms with E-state index in [9.17, 15) is 14.0 Å². The van der Waals surface area contributed by atoms with Crippen LogP contribution in [0.5, 0.6) is 0 Å². The second-order valence-electron chi connectivity index (χ2n) is 4.74. The molecule has 4 heteroatoms. The van der Waals surface area contributed by atoms with Gasteiger partial charge in [-0.15, -0.1) is 0 Å². The van der Waals surface area contributed by atoms with Crippen molar-refractivity contribution in [1.29, 1.82) is 0 Å². The lowest BCUT2D eigenvalue weighted by Gasteiger charge is -2.06. The van der Waals surface area contributed by atoms with Crippen LogP contribution in [0.4, 0.5) is 4.39 Å². The van der Waals surface area contributed by atoms with Gasteiger partial charge in [-0.1, -0.05) is 30.3 Å². The zero-order valence-electron chi connectivity index (χ0n) is 11.1. The van der Waals surface area contributed by atoms with E-state index in [1.807, 2.05) is 0 Å². The van der Waals surface area contributed by atoms with Crippen LogP contribution in [-0.2, 0) is 6.42 Å². The first-order valence-electron chi connectivity index (χ1n) is 6.55. The molecule has 2 amide bonds. The van der Waals surface area contributed by atoms with Crippen molar-refractivity contribution in [3.05, 3.63) is 83.3 Å². The Hall–Kier alpha value is -2.75. The molecular weight excluding hydrogens is 269 g/mol. The van der Waals surface area contributed by atoms with E-state index < -0.39 is 0 Å². The van der Waals surface area contributed by atoms with E-state index >= 15 is 0 Å². The molecule has 0 atom stereocenters. The van der Waals surface area contributed by atoms with Crippen LogP contribution < -0.4 is 0 Å². The van der Waals surface area contributed by atoms with Gasteiger partial charge in [-0.25, -0.2) is 9.29 Å². The van der Waals surface area contributed by atoms with Crippen LogP contribution in [0.2, 0.25) is 0 Å². The maximum absolute atomic E-state index is 12.8. The summed E-state index contributed by atoms with van der Waals surface area (Å²) in [6, 6.07) is 12.8. The summed E-state index contributed by atoms with van der Waals surface area (Å²) >= 11 is 0. The van der Waals surface area contributed by atoms with Gasteiger partial charge in [0.05, 0.1) is 11.1 Å². The number of nitrogens with zero attached hydrogens (tertiary/aromatic N) is 1. The molecule has 3 rings (SSSR count). The molecule has 2 aromatic rings. The quantitative estimate of drug-likeness (QED) is 0.810. The smallest absolute Gasteiger partial charge is 0.265 e. The first-order chi connectivity index (χ1) is 10.2. The first-order valence-corrected chi connectivity index (χ1v) is 6.55. The van der Waals surface area contributed by atoms with Crippen LogP contribution in [0.1, 0.15) is 26.3 Å². The normalized spacial score (nSPS) is 14.0. The van der Waals surface area contributed by atoms with Crippen molar-refractivity contribution >= 4 is 11.8 Å². The average molecular weight is 281 g/mol. The molecule has 2 aromatic carbocycles. The molecule has 0 saturated carbocycles. The Kier molecular flexibility index (Phi) is 3.36. The average Bonchev–Trinajstić information content (AvgIpc) is 2.75. The Morgan fingerprint density at radius 2 is 1.48 bits per heavy atom. The van der Waals surface area contributed by atoms with Crippen LogP contribution in [0.15, 0.2) is 60.8 Å². The minimum absolute atomic E-state index is 0.289. The number of halogens is 1. The van der Waals surface area contributed by atoms with E-state index in [1.54, 1.807) is 42.5 Å². The zero-order valence-corrected chi connectivity index (χ0v) is 11.1. The summed E-state index contributed by atoms with van der Waals surface area (Å²) in [6.45, 7) is 0. The van der Waals surface area contributed by atoms with Crippen molar-refractivity contribution in [3.63, 3.8) is 0 Å². The van der Waals surface area contributed by atoms with E-state index in [2.05, 4.69) is 0 Å². The first kappa shape index (κ1) is 13.2. The Balaban J connectivity index is 1.74. The van der Waals surface area contributed by atoms with Crippen molar-refractivity contribution in [2.45, 2.75) is 6.42 Å². The Labute approximate surface area is 121 Å². The third kappa shape index (κ3) is 2.48. The Morgan fingerprint density at radius 1 is 0.905 bits per heavy atom. The minimum atomic E-state index is -0.314. The fraction of sp³-hybridized carbons (Fsp3) is 0.0588. The van der Waals surface area contributed by atoms with E-state index in [0.29, 0.717) is 17.5 Å². The van der Waals surface area contributed by atoms with Crippen LogP contribution in [0, 0.1) is 5.82 Å². The summed E-state index contributed by atoms with van der Waals surface area (Å²) in [6.07, 6.45) is 3.72. The molecule has 0 bridgehead atoms. The van der Waals surface area contributed by atoms with E-state index in [-0.39, 0.29) is 17.6 Å². The highest BCUT2D eigenvalue weighted by Crippen LogP contribution is 2.22. The van der Waals surface area contributed by atoms with Gasteiger partial charge in [0.25, 0.3) is 11.8 Å². The van der Waals surface area contributed by atoms with Crippen LogP contribution >= 0.6 is 0 Å². The molecule has 0 fully saturated rings. The molecule has 0 saturated heterocycles. The predicted octanol–water partition coefficient (Wildman–Crippen LogP) is 3.18. The molecule has 21 heavy (non-hydrogen) atoms. The lowest BCUT2D eigenvalue weighted by atomic mass is 10.1. The summed E-state index contributed by atoms with van der Waals surface area (Å²) in [4.78, 5) is 25.3. The number of carbonyl (C=O) groups is 2. The number of rotatable bonds is 3. The van der Waals surface area contributed by atoms with Gasteiger partial charge in [0.2, 0.25) is 0 Å². The third-order valence-corrected chi connectivity index (χ3v) is 3.35. The summed E-state index contributed by atoms with van der Waals surface area (Å²) in [5.41, 5.74) is 1.76. The Morgan fingerprint density at radius 3 is 2.05 bits per heavy atom. The van der Waals surface area contributed by atoms with Gasteiger partial charge >= 0.3 is 0 Å². The van der Waals surface area contributed by atoms with E-state index in [1.165, 1.54) is 18.3 Å². The van der Waals surface area contributed by atoms with Crippen molar-refractivity contribution in [2.24, 2.45) is 0 Å². The lowest BCUT2D eigenvalue weighted by molar-refractivity contribution is 0.0721. The standard InChI is InChI=1S/C17H12FNO2/c18-13-9-7-12(8-10-13)4-3-11-19-16(20)14-5-1-2-6-15(14)17(19)21/h1-3,5-11H,4H2/b11-3+. The summed E-state index contributed by atoms with van der Waals surface area (Å²) in [5, 5.41) is 0. The Bertz CT molecular complexity index is 700. The fourth-order valence-electron chi connectivity index (χ4n) is 2.26. The maximum atomic E-state index is 12.8. The summed E-state index contributed by atoms with van der Waals surface area (Å²) in [7, 11) is 0. The number of hydrogen-bond donors (Lipinski definition) is 0. The molecule has 1 aliphatic heterocycles. The molecule has 104 valence electrons. The largest absolute Gasteiger partial charge is 0.268 e. The molecule has 0 aliphatic carbocycles. The molecule has 0 aromatic heterocycles. The molecule has 1 heterocycles. The van der Waals surface area contributed by atoms with Crippen molar-refractivity contribution < 1.29 is 14.0 Å². The van der Waals surface area contributed by atoms with Crippen molar-refractivity contribution in [1.82, 2.24) is 4.90 Å². The number of fused-ring (bicyclic) bond motifs is 1. The third-order valence-electron chi connectivity index (χ3n) is 3.35. The van der Waals surface area contributed by atoms with Gasteiger partial charge in [0.15, 0.2) is 0 Å². The van der Waals surface area contributed by atoms with Crippen molar-refractivity contribution in [2.75, 3.05) is 0 Å². The molecular formula is C17H12FNO2.